The van der Waals surface area contributed by atoms with E-state index in [1.54, 1.807) is 0 Å². The highest BCUT2D eigenvalue weighted by molar-refractivity contribution is 6.18. The van der Waals surface area contributed by atoms with E-state index in [1.165, 1.54) is 6.07 Å². The molecule has 106 valence electrons. The lowest BCUT2D eigenvalue weighted by molar-refractivity contribution is -0.121. The van der Waals surface area contributed by atoms with Crippen LogP contribution in [0.15, 0.2) is 18.2 Å². The summed E-state index contributed by atoms with van der Waals surface area (Å²) in [5, 5.41) is 2.76. The lowest BCUT2D eigenvalue weighted by atomic mass is 10.0. The summed E-state index contributed by atoms with van der Waals surface area (Å²) >= 11 is 5.77. The summed E-state index contributed by atoms with van der Waals surface area (Å²) in [4.78, 5) is 11.8. The van der Waals surface area contributed by atoms with Gasteiger partial charge in [0.25, 0.3) is 0 Å². The monoisotopic (exact) mass is 289 g/mol. The summed E-state index contributed by atoms with van der Waals surface area (Å²) in [6.45, 7) is 4.07. The summed E-state index contributed by atoms with van der Waals surface area (Å²) in [6, 6.07) is 3.06. The lowest BCUT2D eigenvalue weighted by Crippen LogP contribution is -2.38. The predicted molar refractivity (Wildman–Crippen MR) is 72.2 cm³/mol. The highest BCUT2D eigenvalue weighted by atomic mass is 35.5. The number of alkyl halides is 1. The van der Waals surface area contributed by atoms with Gasteiger partial charge in [-0.3, -0.25) is 4.79 Å². The van der Waals surface area contributed by atoms with Crippen molar-refractivity contribution >= 4 is 17.5 Å². The van der Waals surface area contributed by atoms with Gasteiger partial charge in [0.05, 0.1) is 6.42 Å². The summed E-state index contributed by atoms with van der Waals surface area (Å²) in [7, 11) is 0. The van der Waals surface area contributed by atoms with Gasteiger partial charge in [-0.2, -0.15) is 0 Å². The van der Waals surface area contributed by atoms with Crippen LogP contribution in [-0.2, 0) is 11.2 Å². The topological polar surface area (TPSA) is 29.1 Å². The molecule has 0 bridgehead atoms. The van der Waals surface area contributed by atoms with E-state index in [-0.39, 0.29) is 23.9 Å². The molecule has 0 aliphatic rings. The third kappa shape index (κ3) is 5.55. The molecule has 0 saturated carbocycles. The molecular formula is C14H18ClF2NO. The molecule has 0 aliphatic heterocycles. The van der Waals surface area contributed by atoms with Gasteiger partial charge in [0.1, 0.15) is 11.6 Å². The zero-order valence-electron chi connectivity index (χ0n) is 11.1. The summed E-state index contributed by atoms with van der Waals surface area (Å²) < 4.78 is 26.1. The Bertz CT molecular complexity index is 437. The first-order valence-corrected chi connectivity index (χ1v) is 6.75. The van der Waals surface area contributed by atoms with Crippen molar-refractivity contribution in [1.29, 1.82) is 0 Å². The number of carbonyl (C=O) groups is 1. The molecule has 1 amide bonds. The Labute approximate surface area is 117 Å². The molecule has 0 aliphatic carbocycles. The number of hydrogen-bond donors (Lipinski definition) is 1. The zero-order chi connectivity index (χ0) is 14.4. The van der Waals surface area contributed by atoms with Crippen molar-refractivity contribution in [2.24, 2.45) is 5.92 Å². The first kappa shape index (κ1) is 15.9. The van der Waals surface area contributed by atoms with Gasteiger partial charge in [0.15, 0.2) is 0 Å². The van der Waals surface area contributed by atoms with E-state index in [9.17, 15) is 13.6 Å². The molecule has 0 spiro atoms. The number of amides is 1. The van der Waals surface area contributed by atoms with Crippen molar-refractivity contribution < 1.29 is 13.6 Å². The van der Waals surface area contributed by atoms with Gasteiger partial charge in [-0.25, -0.2) is 8.78 Å². The van der Waals surface area contributed by atoms with E-state index >= 15 is 0 Å². The van der Waals surface area contributed by atoms with Crippen molar-refractivity contribution in [2.45, 2.75) is 32.7 Å². The van der Waals surface area contributed by atoms with Crippen LogP contribution in [0.1, 0.15) is 25.8 Å². The van der Waals surface area contributed by atoms with Crippen molar-refractivity contribution in [3.63, 3.8) is 0 Å². The first-order valence-electron chi connectivity index (χ1n) is 6.21. The second kappa shape index (κ2) is 7.43. The Morgan fingerprint density at radius 3 is 2.58 bits per heavy atom. The summed E-state index contributed by atoms with van der Waals surface area (Å²) in [6.07, 6.45) is 0.652. The molecule has 0 fully saturated rings. The van der Waals surface area contributed by atoms with E-state index in [0.717, 1.165) is 18.6 Å². The van der Waals surface area contributed by atoms with Crippen molar-refractivity contribution in [3.8, 4) is 0 Å². The molecule has 1 aromatic carbocycles. The third-order valence-corrected chi connectivity index (χ3v) is 3.05. The second-order valence-corrected chi connectivity index (χ2v) is 5.27. The standard InChI is InChI=1S/C14H18ClF2NO/c1-9(2)5-12(8-15)18-14(19)6-10-3-4-11(16)7-13(10)17/h3-4,7,9,12H,5-6,8H2,1-2H3,(H,18,19). The molecule has 0 saturated heterocycles. The number of halogens is 3. The Morgan fingerprint density at radius 1 is 1.37 bits per heavy atom. The Balaban J connectivity index is 2.59. The van der Waals surface area contributed by atoms with E-state index in [2.05, 4.69) is 5.32 Å². The van der Waals surface area contributed by atoms with Gasteiger partial charge in [-0.1, -0.05) is 19.9 Å². The predicted octanol–water partition coefficient (Wildman–Crippen LogP) is 3.28. The van der Waals surface area contributed by atoms with Gasteiger partial charge in [-0.05, 0) is 24.0 Å². The molecular weight excluding hydrogens is 272 g/mol. The molecule has 1 atom stereocenters. The van der Waals surface area contributed by atoms with E-state index in [0.29, 0.717) is 11.8 Å². The molecule has 0 aromatic heterocycles. The van der Waals surface area contributed by atoms with Crippen LogP contribution >= 0.6 is 11.6 Å². The normalized spacial score (nSPS) is 12.5. The van der Waals surface area contributed by atoms with Crippen molar-refractivity contribution in [1.82, 2.24) is 5.32 Å². The highest BCUT2D eigenvalue weighted by Gasteiger charge is 2.15. The van der Waals surface area contributed by atoms with Gasteiger partial charge >= 0.3 is 0 Å². The molecule has 1 aromatic rings. The fraction of sp³-hybridized carbons (Fsp3) is 0.500. The molecule has 1 rings (SSSR count). The van der Waals surface area contributed by atoms with Crippen LogP contribution in [0.4, 0.5) is 8.78 Å². The van der Waals surface area contributed by atoms with Crippen LogP contribution in [0.25, 0.3) is 0 Å². The van der Waals surface area contributed by atoms with Crippen molar-refractivity contribution in [2.75, 3.05) is 5.88 Å². The molecule has 0 heterocycles. The van der Waals surface area contributed by atoms with Gasteiger partial charge < -0.3 is 5.32 Å². The highest BCUT2D eigenvalue weighted by Crippen LogP contribution is 2.11. The maximum absolute atomic E-state index is 13.4. The minimum absolute atomic E-state index is 0.113. The number of carbonyl (C=O) groups excluding carboxylic acids is 1. The maximum Gasteiger partial charge on any atom is 0.224 e. The van der Waals surface area contributed by atoms with Gasteiger partial charge in [0, 0.05) is 18.0 Å². The SMILES string of the molecule is CC(C)CC(CCl)NC(=O)Cc1ccc(F)cc1F. The Hall–Kier alpha value is -1.16. The number of benzene rings is 1. The largest absolute Gasteiger partial charge is 0.352 e. The Morgan fingerprint density at radius 2 is 2.05 bits per heavy atom. The van der Waals surface area contributed by atoms with Crippen LogP contribution in [0.2, 0.25) is 0 Å². The fourth-order valence-corrected chi connectivity index (χ4v) is 2.05. The van der Waals surface area contributed by atoms with Crippen LogP contribution in [0.5, 0.6) is 0 Å². The molecule has 19 heavy (non-hydrogen) atoms. The first-order chi connectivity index (χ1) is 8.92. The molecule has 1 N–H and O–H groups in total. The summed E-state index contributed by atoms with van der Waals surface area (Å²) in [5.74, 6) is -0.944. The fourth-order valence-electron chi connectivity index (χ4n) is 1.85. The number of hydrogen-bond acceptors (Lipinski definition) is 1. The minimum atomic E-state index is -0.707. The molecule has 2 nitrogen and oxygen atoms in total. The van der Waals surface area contributed by atoms with Crippen LogP contribution < -0.4 is 5.32 Å². The average molecular weight is 290 g/mol. The molecule has 5 heteroatoms. The van der Waals surface area contributed by atoms with Gasteiger partial charge in [0.2, 0.25) is 5.91 Å². The van der Waals surface area contributed by atoms with Crippen LogP contribution in [-0.4, -0.2) is 17.8 Å². The smallest absolute Gasteiger partial charge is 0.224 e. The second-order valence-electron chi connectivity index (χ2n) is 4.96. The van der Waals surface area contributed by atoms with E-state index < -0.39 is 11.6 Å². The van der Waals surface area contributed by atoms with Crippen LogP contribution in [0.3, 0.4) is 0 Å². The quantitative estimate of drug-likeness (QED) is 0.800. The summed E-state index contributed by atoms with van der Waals surface area (Å²) in [5.41, 5.74) is 0.178. The maximum atomic E-state index is 13.4. The van der Waals surface area contributed by atoms with Crippen molar-refractivity contribution in [3.05, 3.63) is 35.4 Å². The third-order valence-electron chi connectivity index (χ3n) is 2.67. The van der Waals surface area contributed by atoms with E-state index in [1.807, 2.05) is 13.8 Å². The average Bonchev–Trinajstić information content (AvgIpc) is 2.31. The number of rotatable bonds is 6. The number of nitrogens with one attached hydrogen (secondary N) is 1. The van der Waals surface area contributed by atoms with E-state index in [4.69, 9.17) is 11.6 Å². The van der Waals surface area contributed by atoms with Crippen LogP contribution in [0, 0.1) is 17.6 Å². The zero-order valence-corrected chi connectivity index (χ0v) is 11.8. The Kier molecular flexibility index (Phi) is 6.22. The molecule has 0 radical (unpaired) electrons. The minimum Gasteiger partial charge on any atom is -0.352 e. The van der Waals surface area contributed by atoms with Gasteiger partial charge in [-0.15, -0.1) is 11.6 Å². The molecule has 1 unspecified atom stereocenters. The lowest BCUT2D eigenvalue weighted by Gasteiger charge is -2.18.